The highest BCUT2D eigenvalue weighted by Gasteiger charge is 2.19. The average Bonchev–Trinajstić information content (AvgIpc) is 2.27. The summed E-state index contributed by atoms with van der Waals surface area (Å²) in [5.41, 5.74) is 0. The number of thioether (sulfide) groups is 1. The van der Waals surface area contributed by atoms with Gasteiger partial charge in [-0.1, -0.05) is 6.92 Å². The zero-order chi connectivity index (χ0) is 13.4. The van der Waals surface area contributed by atoms with Gasteiger partial charge in [-0.25, -0.2) is 13.1 Å². The third-order valence-corrected chi connectivity index (χ3v) is 5.12. The Morgan fingerprint density at radius 1 is 1.24 bits per heavy atom. The molecule has 4 nitrogen and oxygen atoms in total. The Hall–Kier alpha value is 0.220. The first kappa shape index (κ1) is 17.2. The second kappa shape index (κ2) is 8.34. The third kappa shape index (κ3) is 9.88. The molecule has 0 spiro atoms. The molecule has 0 atom stereocenters. The van der Waals surface area contributed by atoms with E-state index in [4.69, 9.17) is 0 Å². The molecule has 0 aromatic rings. The number of rotatable bonds is 10. The van der Waals surface area contributed by atoms with Crippen molar-refractivity contribution < 1.29 is 8.42 Å². The highest BCUT2D eigenvalue weighted by atomic mass is 32.2. The predicted molar refractivity (Wildman–Crippen MR) is 77.2 cm³/mol. The van der Waals surface area contributed by atoms with Gasteiger partial charge in [0, 0.05) is 11.3 Å². The maximum Gasteiger partial charge on any atom is 0.211 e. The molecule has 0 aliphatic heterocycles. The molecule has 0 saturated heterocycles. The van der Waals surface area contributed by atoms with Crippen LogP contribution in [0.15, 0.2) is 0 Å². The fraction of sp³-hybridized carbons (Fsp3) is 1.00. The predicted octanol–water partition coefficient (Wildman–Crippen LogP) is 1.44. The lowest BCUT2D eigenvalue weighted by Crippen LogP contribution is -2.37. The fourth-order valence-electron chi connectivity index (χ4n) is 1.12. The largest absolute Gasteiger partial charge is 0.317 e. The summed E-state index contributed by atoms with van der Waals surface area (Å²) in [6.07, 6.45) is 3.73. The molecule has 0 saturated carbocycles. The molecule has 0 rings (SSSR count). The van der Waals surface area contributed by atoms with Gasteiger partial charge >= 0.3 is 0 Å². The Bertz CT molecular complexity index is 290. The number of nitrogens with one attached hydrogen (secondary N) is 2. The maximum atomic E-state index is 11.7. The Balaban J connectivity index is 3.81. The Morgan fingerprint density at radius 3 is 2.41 bits per heavy atom. The standard InChI is InChI=1S/C11H26N2O2S2/c1-5-7-12-8-6-9-17(14,15)13-10-11(2,3)16-4/h12-13H,5-10H2,1-4H3. The molecule has 6 heteroatoms. The van der Waals surface area contributed by atoms with Crippen LogP contribution < -0.4 is 10.0 Å². The number of sulfonamides is 1. The van der Waals surface area contributed by atoms with Crippen LogP contribution in [0.1, 0.15) is 33.6 Å². The van der Waals surface area contributed by atoms with Crippen molar-refractivity contribution in [3.63, 3.8) is 0 Å². The summed E-state index contributed by atoms with van der Waals surface area (Å²) in [6.45, 7) is 8.36. The molecule has 0 radical (unpaired) electrons. The van der Waals surface area contributed by atoms with E-state index in [1.807, 2.05) is 20.1 Å². The van der Waals surface area contributed by atoms with Crippen molar-refractivity contribution in [2.24, 2.45) is 0 Å². The quantitative estimate of drug-likeness (QED) is 0.595. The smallest absolute Gasteiger partial charge is 0.211 e. The lowest BCUT2D eigenvalue weighted by atomic mass is 10.2. The zero-order valence-corrected chi connectivity index (χ0v) is 13.0. The topological polar surface area (TPSA) is 58.2 Å². The van der Waals surface area contributed by atoms with Gasteiger partial charge in [-0.2, -0.15) is 11.8 Å². The second-order valence-corrected chi connectivity index (χ2v) is 8.15. The molecular weight excluding hydrogens is 256 g/mol. The van der Waals surface area contributed by atoms with Crippen LogP contribution in [-0.2, 0) is 10.0 Å². The number of hydrogen-bond acceptors (Lipinski definition) is 4. The maximum absolute atomic E-state index is 11.7. The van der Waals surface area contributed by atoms with E-state index >= 15 is 0 Å². The number of hydrogen-bond donors (Lipinski definition) is 2. The van der Waals surface area contributed by atoms with Gasteiger partial charge in [0.25, 0.3) is 0 Å². The summed E-state index contributed by atoms with van der Waals surface area (Å²) < 4.78 is 26.0. The van der Waals surface area contributed by atoms with Crippen LogP contribution in [-0.4, -0.2) is 44.8 Å². The molecule has 104 valence electrons. The molecule has 0 aromatic heterocycles. The van der Waals surface area contributed by atoms with Gasteiger partial charge in [-0.15, -0.1) is 0 Å². The highest BCUT2D eigenvalue weighted by molar-refractivity contribution is 8.00. The first-order chi connectivity index (χ1) is 7.83. The summed E-state index contributed by atoms with van der Waals surface area (Å²) in [6, 6.07) is 0. The van der Waals surface area contributed by atoms with Crippen molar-refractivity contribution in [2.45, 2.75) is 38.4 Å². The van der Waals surface area contributed by atoms with E-state index in [9.17, 15) is 8.42 Å². The lowest BCUT2D eigenvalue weighted by Gasteiger charge is -2.22. The Labute approximate surface area is 110 Å². The van der Waals surface area contributed by atoms with E-state index in [1.165, 1.54) is 0 Å². The minimum atomic E-state index is -3.12. The average molecular weight is 282 g/mol. The van der Waals surface area contributed by atoms with Crippen LogP contribution in [0.4, 0.5) is 0 Å². The summed E-state index contributed by atoms with van der Waals surface area (Å²) >= 11 is 1.66. The summed E-state index contributed by atoms with van der Waals surface area (Å²) in [4.78, 5) is 0. The minimum absolute atomic E-state index is 0.0481. The molecule has 0 aromatic carbocycles. The molecule has 2 N–H and O–H groups in total. The van der Waals surface area contributed by atoms with Gasteiger partial charge in [-0.05, 0) is 46.0 Å². The van der Waals surface area contributed by atoms with Gasteiger partial charge in [0.05, 0.1) is 5.75 Å². The van der Waals surface area contributed by atoms with Gasteiger partial charge in [-0.3, -0.25) is 0 Å². The van der Waals surface area contributed by atoms with E-state index < -0.39 is 10.0 Å². The Kier molecular flexibility index (Phi) is 8.45. The summed E-state index contributed by atoms with van der Waals surface area (Å²) in [5.74, 6) is 0.203. The van der Waals surface area contributed by atoms with Gasteiger partial charge in [0.2, 0.25) is 10.0 Å². The van der Waals surface area contributed by atoms with Crippen LogP contribution in [0.5, 0.6) is 0 Å². The summed E-state index contributed by atoms with van der Waals surface area (Å²) in [7, 11) is -3.12. The first-order valence-electron chi connectivity index (χ1n) is 6.06. The van der Waals surface area contributed by atoms with Crippen molar-refractivity contribution in [1.29, 1.82) is 0 Å². The van der Waals surface area contributed by atoms with Crippen LogP contribution >= 0.6 is 11.8 Å². The highest BCUT2D eigenvalue weighted by Crippen LogP contribution is 2.19. The van der Waals surface area contributed by atoms with Crippen LogP contribution in [0.3, 0.4) is 0 Å². The molecule has 0 aliphatic rings. The van der Waals surface area contributed by atoms with E-state index in [0.29, 0.717) is 13.0 Å². The van der Waals surface area contributed by atoms with Crippen LogP contribution in [0.2, 0.25) is 0 Å². The zero-order valence-electron chi connectivity index (χ0n) is 11.4. The molecule has 0 bridgehead atoms. The van der Waals surface area contributed by atoms with Crippen LogP contribution in [0.25, 0.3) is 0 Å². The van der Waals surface area contributed by atoms with Gasteiger partial charge in [0.1, 0.15) is 0 Å². The van der Waals surface area contributed by atoms with E-state index in [2.05, 4.69) is 17.0 Å². The second-order valence-electron chi connectivity index (χ2n) is 4.71. The molecule has 0 fully saturated rings. The SMILES string of the molecule is CCCNCCCS(=O)(=O)NCC(C)(C)SC. The van der Waals surface area contributed by atoms with E-state index in [1.54, 1.807) is 11.8 Å². The van der Waals surface area contributed by atoms with Crippen LogP contribution in [0, 0.1) is 0 Å². The van der Waals surface area contributed by atoms with Crippen molar-refractivity contribution >= 4 is 21.8 Å². The first-order valence-corrected chi connectivity index (χ1v) is 8.94. The monoisotopic (exact) mass is 282 g/mol. The normalized spacial score (nSPS) is 12.9. The van der Waals surface area contributed by atoms with Crippen molar-refractivity contribution in [3.05, 3.63) is 0 Å². The van der Waals surface area contributed by atoms with E-state index in [-0.39, 0.29) is 10.5 Å². The minimum Gasteiger partial charge on any atom is -0.317 e. The third-order valence-electron chi connectivity index (χ3n) is 2.46. The van der Waals surface area contributed by atoms with E-state index in [0.717, 1.165) is 19.5 Å². The molecule has 0 amide bonds. The summed E-state index contributed by atoms with van der Waals surface area (Å²) in [5, 5.41) is 3.19. The van der Waals surface area contributed by atoms with Crippen molar-refractivity contribution in [2.75, 3.05) is 31.6 Å². The molecule has 0 unspecified atom stereocenters. The van der Waals surface area contributed by atoms with Gasteiger partial charge in [0.15, 0.2) is 0 Å². The van der Waals surface area contributed by atoms with Crippen molar-refractivity contribution in [1.82, 2.24) is 10.0 Å². The molecule has 17 heavy (non-hydrogen) atoms. The molecular formula is C11H26N2O2S2. The molecule has 0 heterocycles. The lowest BCUT2D eigenvalue weighted by molar-refractivity contribution is 0.565. The fourth-order valence-corrected chi connectivity index (χ4v) is 2.67. The van der Waals surface area contributed by atoms with Crippen molar-refractivity contribution in [3.8, 4) is 0 Å². The van der Waals surface area contributed by atoms with Gasteiger partial charge < -0.3 is 5.32 Å². The molecule has 0 aliphatic carbocycles. The Morgan fingerprint density at radius 2 is 1.88 bits per heavy atom.